The highest BCUT2D eigenvalue weighted by atomic mass is 32.2. The molecule has 1 amide bonds. The Balaban J connectivity index is 1.52. The average molecular weight is 440 g/mol. The molecule has 0 unspecified atom stereocenters. The number of nitrogens with one attached hydrogen (secondary N) is 1. The van der Waals surface area contributed by atoms with E-state index in [1.807, 2.05) is 37.4 Å². The Bertz CT molecular complexity index is 1330. The summed E-state index contributed by atoms with van der Waals surface area (Å²) < 4.78 is 17.6. The molecule has 0 spiro atoms. The Morgan fingerprint density at radius 3 is 2.77 bits per heavy atom. The van der Waals surface area contributed by atoms with Crippen molar-refractivity contribution in [3.05, 3.63) is 69.8 Å². The summed E-state index contributed by atoms with van der Waals surface area (Å²) in [7, 11) is 0. The molecule has 2 aromatic carbocycles. The Morgan fingerprint density at radius 2 is 2.00 bits per heavy atom. The van der Waals surface area contributed by atoms with E-state index in [2.05, 4.69) is 15.5 Å². The fourth-order valence-electron chi connectivity index (χ4n) is 3.65. The van der Waals surface area contributed by atoms with E-state index in [9.17, 15) is 14.0 Å². The molecule has 31 heavy (non-hydrogen) atoms. The summed E-state index contributed by atoms with van der Waals surface area (Å²) in [6.07, 6.45) is 2.65. The van der Waals surface area contributed by atoms with E-state index in [4.69, 9.17) is 0 Å². The van der Waals surface area contributed by atoms with Crippen LogP contribution in [0.2, 0.25) is 0 Å². The third-order valence-corrected chi connectivity index (χ3v) is 5.68. The number of carbonyl (C=O) groups excluding carboxylic acids is 1. The lowest BCUT2D eigenvalue weighted by Crippen LogP contribution is -2.29. The molecule has 0 saturated carbocycles. The van der Waals surface area contributed by atoms with E-state index < -0.39 is 5.82 Å². The molecule has 4 rings (SSSR count). The lowest BCUT2D eigenvalue weighted by Gasteiger charge is -2.12. The number of carbonyl (C=O) groups is 1. The zero-order valence-electron chi connectivity index (χ0n) is 17.3. The first-order valence-electron chi connectivity index (χ1n) is 9.92. The van der Waals surface area contributed by atoms with E-state index >= 15 is 0 Å². The quantitative estimate of drug-likeness (QED) is 0.354. The number of hydrogen-bond donors (Lipinski definition) is 1. The largest absolute Gasteiger partial charge is 0.356 e. The summed E-state index contributed by atoms with van der Waals surface area (Å²) in [4.78, 5) is 25.2. The lowest BCUT2D eigenvalue weighted by molar-refractivity contribution is -0.120. The lowest BCUT2D eigenvalue weighted by atomic mass is 10.1. The number of aromatic nitrogens is 4. The highest BCUT2D eigenvalue weighted by molar-refractivity contribution is 7.98. The zero-order chi connectivity index (χ0) is 22.0. The molecule has 0 saturated heterocycles. The predicted molar refractivity (Wildman–Crippen MR) is 119 cm³/mol. The minimum Gasteiger partial charge on any atom is -0.356 e. The smallest absolute Gasteiger partial charge is 0.262 e. The number of rotatable bonds is 7. The standard InChI is InChI=1S/C22H22FN5O2S/c1-14-6-3-7-15(12-14)13-18(29)24-10-5-11-27-20(30)16-8-4-9-17(23)19(16)28-21(27)25-26-22(28)31-2/h3-4,6-9,12H,5,10-11,13H2,1-2H3,(H,24,29). The molecule has 7 nitrogen and oxygen atoms in total. The monoisotopic (exact) mass is 439 g/mol. The van der Waals surface area contributed by atoms with Crippen LogP contribution in [0.4, 0.5) is 4.39 Å². The molecule has 160 valence electrons. The second-order valence-corrected chi connectivity index (χ2v) is 8.06. The summed E-state index contributed by atoms with van der Waals surface area (Å²) in [6.45, 7) is 2.72. The Labute approximate surface area is 182 Å². The van der Waals surface area contributed by atoms with Crippen LogP contribution in [0.15, 0.2) is 52.4 Å². The number of fused-ring (bicyclic) bond motifs is 3. The van der Waals surface area contributed by atoms with Crippen LogP contribution >= 0.6 is 11.8 Å². The van der Waals surface area contributed by atoms with Gasteiger partial charge in [-0.1, -0.05) is 47.7 Å². The molecule has 0 atom stereocenters. The Kier molecular flexibility index (Phi) is 6.03. The van der Waals surface area contributed by atoms with Crippen molar-refractivity contribution in [1.29, 1.82) is 0 Å². The van der Waals surface area contributed by atoms with Crippen molar-refractivity contribution in [3.8, 4) is 0 Å². The number of thioether (sulfide) groups is 1. The molecule has 0 aliphatic heterocycles. The minimum atomic E-state index is -0.495. The maximum absolute atomic E-state index is 14.5. The predicted octanol–water partition coefficient (Wildman–Crippen LogP) is 2.96. The highest BCUT2D eigenvalue weighted by Crippen LogP contribution is 2.22. The minimum absolute atomic E-state index is 0.0733. The third kappa shape index (κ3) is 4.18. The van der Waals surface area contributed by atoms with Gasteiger partial charge >= 0.3 is 0 Å². The highest BCUT2D eigenvalue weighted by Gasteiger charge is 2.18. The number of benzene rings is 2. The van der Waals surface area contributed by atoms with Crippen LogP contribution in [0.5, 0.6) is 0 Å². The number of aryl methyl sites for hydroxylation is 2. The zero-order valence-corrected chi connectivity index (χ0v) is 18.1. The van der Waals surface area contributed by atoms with Crippen LogP contribution in [-0.2, 0) is 17.8 Å². The van der Waals surface area contributed by atoms with Crippen molar-refractivity contribution >= 4 is 34.3 Å². The number of para-hydroxylation sites is 1. The Hall–Kier alpha value is -3.20. The molecule has 0 bridgehead atoms. The second-order valence-electron chi connectivity index (χ2n) is 7.28. The van der Waals surface area contributed by atoms with Gasteiger partial charge in [-0.2, -0.15) is 0 Å². The average Bonchev–Trinajstić information content (AvgIpc) is 3.17. The van der Waals surface area contributed by atoms with Crippen molar-refractivity contribution in [2.24, 2.45) is 0 Å². The van der Waals surface area contributed by atoms with E-state index in [1.54, 1.807) is 10.5 Å². The Morgan fingerprint density at radius 1 is 1.19 bits per heavy atom. The second kappa shape index (κ2) is 8.89. The van der Waals surface area contributed by atoms with Gasteiger partial charge in [0.15, 0.2) is 5.16 Å². The molecule has 1 N–H and O–H groups in total. The van der Waals surface area contributed by atoms with Gasteiger partial charge in [-0.05, 0) is 37.3 Å². The molecule has 0 fully saturated rings. The molecular weight excluding hydrogens is 417 g/mol. The molecule has 0 aliphatic carbocycles. The van der Waals surface area contributed by atoms with Crippen LogP contribution < -0.4 is 10.9 Å². The molecule has 2 heterocycles. The fourth-order valence-corrected chi connectivity index (χ4v) is 4.13. The summed E-state index contributed by atoms with van der Waals surface area (Å²) >= 11 is 1.33. The van der Waals surface area contributed by atoms with Gasteiger partial charge in [0, 0.05) is 13.1 Å². The summed E-state index contributed by atoms with van der Waals surface area (Å²) in [6, 6.07) is 12.3. The van der Waals surface area contributed by atoms with Crippen molar-refractivity contribution in [2.45, 2.75) is 31.5 Å². The van der Waals surface area contributed by atoms with E-state index in [-0.39, 0.29) is 28.1 Å². The maximum atomic E-state index is 14.5. The van der Waals surface area contributed by atoms with Crippen LogP contribution in [0.1, 0.15) is 17.5 Å². The van der Waals surface area contributed by atoms with Gasteiger partial charge in [0.1, 0.15) is 5.82 Å². The van der Waals surface area contributed by atoms with E-state index in [1.165, 1.54) is 28.5 Å². The van der Waals surface area contributed by atoms with Gasteiger partial charge in [-0.25, -0.2) is 4.39 Å². The van der Waals surface area contributed by atoms with Gasteiger partial charge in [-0.15, -0.1) is 10.2 Å². The third-order valence-electron chi connectivity index (χ3n) is 5.05. The van der Waals surface area contributed by atoms with Crippen molar-refractivity contribution in [3.63, 3.8) is 0 Å². The number of nitrogens with zero attached hydrogens (tertiary/aromatic N) is 4. The van der Waals surface area contributed by atoms with E-state index in [0.717, 1.165) is 11.1 Å². The number of amides is 1. The molecule has 2 aromatic heterocycles. The van der Waals surface area contributed by atoms with Crippen LogP contribution in [0, 0.1) is 12.7 Å². The van der Waals surface area contributed by atoms with Crippen LogP contribution in [0.3, 0.4) is 0 Å². The molecule has 0 aliphatic rings. The topological polar surface area (TPSA) is 81.3 Å². The first kappa shape index (κ1) is 21.0. The molecular formula is C22H22FN5O2S. The first-order chi connectivity index (χ1) is 15.0. The van der Waals surface area contributed by atoms with Crippen LogP contribution in [0.25, 0.3) is 16.7 Å². The van der Waals surface area contributed by atoms with Gasteiger partial charge in [0.25, 0.3) is 5.56 Å². The van der Waals surface area contributed by atoms with Gasteiger partial charge in [0.2, 0.25) is 11.7 Å². The molecule has 4 aromatic rings. The summed E-state index contributed by atoms with van der Waals surface area (Å²) in [5, 5.41) is 11.9. The molecule has 0 radical (unpaired) electrons. The number of halogens is 1. The van der Waals surface area contributed by atoms with Crippen molar-refractivity contribution in [1.82, 2.24) is 24.5 Å². The first-order valence-corrected chi connectivity index (χ1v) is 11.1. The fraction of sp³-hybridized carbons (Fsp3) is 0.273. The van der Waals surface area contributed by atoms with Gasteiger partial charge < -0.3 is 5.32 Å². The molecule has 9 heteroatoms. The van der Waals surface area contributed by atoms with E-state index in [0.29, 0.717) is 31.1 Å². The van der Waals surface area contributed by atoms with Crippen molar-refractivity contribution < 1.29 is 9.18 Å². The normalized spacial score (nSPS) is 11.3. The summed E-state index contributed by atoms with van der Waals surface area (Å²) in [5.41, 5.74) is 1.92. The van der Waals surface area contributed by atoms with Crippen molar-refractivity contribution in [2.75, 3.05) is 12.8 Å². The SMILES string of the molecule is CSc1nnc2n(CCCNC(=O)Cc3cccc(C)c3)c(=O)c3cccc(F)c3n12. The van der Waals surface area contributed by atoms with Gasteiger partial charge in [-0.3, -0.25) is 18.6 Å². The van der Waals surface area contributed by atoms with Gasteiger partial charge in [0.05, 0.1) is 17.3 Å². The number of hydrogen-bond acceptors (Lipinski definition) is 5. The van der Waals surface area contributed by atoms with Crippen LogP contribution in [-0.4, -0.2) is 37.9 Å². The summed E-state index contributed by atoms with van der Waals surface area (Å²) in [5.74, 6) is -0.279. The maximum Gasteiger partial charge on any atom is 0.262 e.